The third-order valence-electron chi connectivity index (χ3n) is 6.37. The zero-order valence-corrected chi connectivity index (χ0v) is 20.0. The fourth-order valence-electron chi connectivity index (χ4n) is 4.52. The lowest BCUT2D eigenvalue weighted by molar-refractivity contribution is 0.481. The Morgan fingerprint density at radius 3 is 1.31 bits per heavy atom. The molecule has 0 unspecified atom stereocenters. The number of hydrogen-bond acceptors (Lipinski definition) is 18. The summed E-state index contributed by atoms with van der Waals surface area (Å²) in [6.45, 7) is 0. The largest absolute Gasteiger partial charge is 0.279 e. The van der Waals surface area contributed by atoms with Crippen molar-refractivity contribution < 1.29 is 0 Å². The van der Waals surface area contributed by atoms with Crippen molar-refractivity contribution in [2.75, 3.05) is 14.7 Å². The van der Waals surface area contributed by atoms with Crippen LogP contribution in [0.3, 0.4) is 0 Å². The van der Waals surface area contributed by atoms with Crippen LogP contribution >= 0.6 is 0 Å². The van der Waals surface area contributed by atoms with E-state index in [1.165, 1.54) is 61.1 Å². The molecule has 2 aromatic rings. The molecule has 186 valence electrons. The molecule has 3 heterocycles. The maximum absolute atomic E-state index is 10.3. The van der Waals surface area contributed by atoms with Crippen LogP contribution in [-0.4, -0.2) is 32.3 Å². The summed E-state index contributed by atoms with van der Waals surface area (Å²) in [5, 5.41) is 120. The molecule has 0 bridgehead atoms. The first kappa shape index (κ1) is 26.6. The average molecular weight is 540 g/mol. The van der Waals surface area contributed by atoms with E-state index in [4.69, 9.17) is 0 Å². The predicted molar refractivity (Wildman–Crippen MR) is 128 cm³/mol. The van der Waals surface area contributed by atoms with E-state index in [0.717, 1.165) is 0 Å². The number of nitrogens with zero attached hydrogens (tertiary/aromatic N) is 18. The maximum atomic E-state index is 10.3. The molecule has 0 spiro atoms. The Labute approximate surface area is 233 Å². The minimum absolute atomic E-state index is 0.212. The van der Waals surface area contributed by atoms with Gasteiger partial charge in [-0.1, -0.05) is 0 Å². The number of aromatic nitrogens is 2. The van der Waals surface area contributed by atoms with E-state index in [9.17, 15) is 63.1 Å². The average Bonchev–Trinajstić information content (AvgIpc) is 3.04. The van der Waals surface area contributed by atoms with Gasteiger partial charge in [-0.25, -0.2) is 29.7 Å². The van der Waals surface area contributed by atoms with Crippen LogP contribution in [0.4, 0.5) is 22.7 Å². The predicted octanol–water partition coefficient (Wildman–Crippen LogP) is 0.217. The number of fused-ring (bicyclic) bond motifs is 6. The van der Waals surface area contributed by atoms with Gasteiger partial charge in [0.05, 0.1) is 0 Å². The van der Waals surface area contributed by atoms with E-state index in [1.54, 1.807) is 12.1 Å². The SMILES string of the molecule is N#CC1=Nc2c(c3c(c4nc(C#N)c(C#N)nc24)N(C#N)C(C#N)(C#N)C(C#N)(C#N)N3C#N)N(C#N)C1(C#N)C#N. The van der Waals surface area contributed by atoms with Gasteiger partial charge in [0.2, 0.25) is 0 Å². The minimum atomic E-state index is -3.16. The van der Waals surface area contributed by atoms with Crippen molar-refractivity contribution in [3.8, 4) is 73.2 Å². The second-order valence-corrected chi connectivity index (χ2v) is 7.92. The summed E-state index contributed by atoms with van der Waals surface area (Å²) >= 11 is 0. The van der Waals surface area contributed by atoms with Crippen molar-refractivity contribution >= 4 is 39.5 Å². The van der Waals surface area contributed by atoms with Crippen LogP contribution in [0.15, 0.2) is 4.99 Å². The van der Waals surface area contributed by atoms with E-state index in [0.29, 0.717) is 4.90 Å². The van der Waals surface area contributed by atoms with Crippen molar-refractivity contribution in [3.63, 3.8) is 0 Å². The van der Waals surface area contributed by atoms with Crippen LogP contribution in [0, 0.1) is 136 Å². The van der Waals surface area contributed by atoms with Gasteiger partial charge >= 0.3 is 0 Å². The quantitative estimate of drug-likeness (QED) is 0.403. The number of hydrogen-bond donors (Lipinski definition) is 0. The minimum Gasteiger partial charge on any atom is -0.238 e. The van der Waals surface area contributed by atoms with Crippen LogP contribution in [0.5, 0.6) is 0 Å². The molecule has 18 heteroatoms. The highest BCUT2D eigenvalue weighted by atomic mass is 15.4. The highest BCUT2D eigenvalue weighted by Crippen LogP contribution is 2.59. The summed E-state index contributed by atoms with van der Waals surface area (Å²) in [5.74, 6) is 0. The maximum Gasteiger partial charge on any atom is 0.279 e. The molecule has 0 N–H and O–H groups in total. The Balaban J connectivity index is 2.55. The Kier molecular flexibility index (Phi) is 5.58. The monoisotopic (exact) mass is 540 g/mol. The van der Waals surface area contributed by atoms with E-state index in [2.05, 4.69) is 15.0 Å². The van der Waals surface area contributed by atoms with Gasteiger partial charge < -0.3 is 0 Å². The lowest BCUT2D eigenvalue weighted by Crippen LogP contribution is -2.70. The zero-order valence-electron chi connectivity index (χ0n) is 20.0. The normalized spacial score (nSPS) is 15.9. The molecular formula is C24N18. The van der Waals surface area contributed by atoms with Gasteiger partial charge in [-0.15, -0.1) is 0 Å². The Morgan fingerprint density at radius 2 is 0.929 bits per heavy atom. The molecule has 0 radical (unpaired) electrons. The van der Waals surface area contributed by atoms with Crippen molar-refractivity contribution in [3.05, 3.63) is 11.4 Å². The summed E-state index contributed by atoms with van der Waals surface area (Å²) < 4.78 is 0. The fourth-order valence-corrected chi connectivity index (χ4v) is 4.52. The third-order valence-corrected chi connectivity index (χ3v) is 6.37. The molecule has 0 aliphatic carbocycles. The van der Waals surface area contributed by atoms with Crippen LogP contribution in [0.2, 0.25) is 0 Å². The first-order valence-electron chi connectivity index (χ1n) is 10.5. The number of anilines is 3. The van der Waals surface area contributed by atoms with E-state index < -0.39 is 67.5 Å². The molecule has 2 aliphatic heterocycles. The van der Waals surface area contributed by atoms with Gasteiger partial charge in [0.1, 0.15) is 88.4 Å². The molecule has 0 saturated heterocycles. The van der Waals surface area contributed by atoms with E-state index in [1.807, 2.05) is 0 Å². The second kappa shape index (κ2) is 8.82. The summed E-state index contributed by atoms with van der Waals surface area (Å²) in [6.07, 6.45) is 4.52. The van der Waals surface area contributed by atoms with Gasteiger partial charge in [0, 0.05) is 0 Å². The molecule has 2 aliphatic rings. The third kappa shape index (κ3) is 2.59. The lowest BCUT2D eigenvalue weighted by Gasteiger charge is -2.48. The first-order chi connectivity index (χ1) is 20.2. The number of benzene rings is 1. The highest BCUT2D eigenvalue weighted by Gasteiger charge is 2.69. The van der Waals surface area contributed by atoms with Gasteiger partial charge in [-0.05, 0) is 0 Å². The van der Waals surface area contributed by atoms with Gasteiger partial charge in [-0.3, -0.25) is 0 Å². The lowest BCUT2D eigenvalue weighted by atomic mass is 9.74. The molecule has 1 aromatic heterocycles. The van der Waals surface area contributed by atoms with Crippen LogP contribution < -0.4 is 14.7 Å². The molecule has 42 heavy (non-hydrogen) atoms. The molecule has 0 fully saturated rings. The molecule has 0 amide bonds. The van der Waals surface area contributed by atoms with Gasteiger partial charge in [0.25, 0.3) is 16.6 Å². The number of nitriles is 12. The summed E-state index contributed by atoms with van der Waals surface area (Å²) in [4.78, 5) is 12.8. The Hall–Kier alpha value is -8.49. The second-order valence-electron chi connectivity index (χ2n) is 7.92. The van der Waals surface area contributed by atoms with Crippen LogP contribution in [0.1, 0.15) is 11.4 Å². The number of rotatable bonds is 0. The molecule has 0 saturated carbocycles. The molecule has 0 atom stereocenters. The van der Waals surface area contributed by atoms with Crippen LogP contribution in [-0.2, 0) is 0 Å². The van der Waals surface area contributed by atoms with Crippen molar-refractivity contribution in [2.24, 2.45) is 4.99 Å². The smallest absolute Gasteiger partial charge is 0.238 e. The Morgan fingerprint density at radius 1 is 0.476 bits per heavy atom. The topological polar surface area (TPSA) is 333 Å². The summed E-state index contributed by atoms with van der Waals surface area (Å²) in [5.41, 5.74) is -15.2. The number of aliphatic imine (C=N–C) groups is 1. The summed E-state index contributed by atoms with van der Waals surface area (Å²) in [7, 11) is 0. The van der Waals surface area contributed by atoms with Crippen LogP contribution in [0.25, 0.3) is 11.0 Å². The molecular weight excluding hydrogens is 540 g/mol. The van der Waals surface area contributed by atoms with E-state index >= 15 is 0 Å². The zero-order chi connectivity index (χ0) is 31.0. The van der Waals surface area contributed by atoms with Crippen molar-refractivity contribution in [1.82, 2.24) is 9.97 Å². The Bertz CT molecular complexity index is 2190. The van der Waals surface area contributed by atoms with Gasteiger partial charge in [0.15, 0.2) is 35.7 Å². The van der Waals surface area contributed by atoms with E-state index in [-0.39, 0.29) is 9.80 Å². The first-order valence-corrected chi connectivity index (χ1v) is 10.5. The molecule has 4 rings (SSSR count). The molecule has 18 nitrogen and oxygen atoms in total. The van der Waals surface area contributed by atoms with Crippen molar-refractivity contribution in [1.29, 1.82) is 63.1 Å². The summed E-state index contributed by atoms with van der Waals surface area (Å²) in [6, 6.07) is 13.4. The highest BCUT2D eigenvalue weighted by molar-refractivity contribution is 6.23. The van der Waals surface area contributed by atoms with Crippen molar-refractivity contribution in [2.45, 2.75) is 16.6 Å². The standard InChI is InChI=1S/C24N18/c25-1-13-14(2-26)38-17-16(37-13)18-19(40(10-34)22(4-28,5-29)15(3-27)39-18)21-20(17)41(11-35)23(6-30,7-31)24(8-32,9-33)42(21)12-36. The van der Waals surface area contributed by atoms with Gasteiger partial charge in [-0.2, -0.15) is 63.1 Å². The fraction of sp³-hybridized carbons (Fsp3) is 0.125. The molecule has 1 aromatic carbocycles.